The van der Waals surface area contributed by atoms with Gasteiger partial charge in [-0.05, 0) is 50.0 Å². The largest absolute Gasteiger partial charge is 0.465 e. The smallest absolute Gasteiger partial charge is 0.196 e. The molecule has 0 amide bonds. The van der Waals surface area contributed by atoms with E-state index in [9.17, 15) is 0 Å². The Bertz CT molecular complexity index is 381. The third-order valence-corrected chi connectivity index (χ3v) is 4.39. The van der Waals surface area contributed by atoms with Crippen LogP contribution in [0.1, 0.15) is 52.3 Å². The molecule has 20 heavy (non-hydrogen) atoms. The second-order valence-electron chi connectivity index (χ2n) is 6.32. The van der Waals surface area contributed by atoms with Gasteiger partial charge in [0.05, 0.1) is 0 Å². The van der Waals surface area contributed by atoms with Crippen molar-refractivity contribution in [2.75, 3.05) is 13.3 Å². The first-order valence-corrected chi connectivity index (χ1v) is 8.99. The molecule has 0 spiro atoms. The van der Waals surface area contributed by atoms with Crippen LogP contribution in [-0.2, 0) is 4.74 Å². The summed E-state index contributed by atoms with van der Waals surface area (Å²) in [6, 6.07) is 8.50. The minimum atomic E-state index is -0.190. The molecule has 0 N–H and O–H groups in total. The summed E-state index contributed by atoms with van der Waals surface area (Å²) in [7, 11) is 0.927. The zero-order chi connectivity index (χ0) is 15.2. The van der Waals surface area contributed by atoms with E-state index >= 15 is 0 Å². The fraction of sp³-hybridized carbons (Fsp3) is 0.647. The van der Waals surface area contributed by atoms with Gasteiger partial charge in [-0.2, -0.15) is 0 Å². The molecule has 114 valence electrons. The first-order chi connectivity index (χ1) is 9.35. The third kappa shape index (κ3) is 6.24. The van der Waals surface area contributed by atoms with Gasteiger partial charge in [0.1, 0.15) is 5.75 Å². The van der Waals surface area contributed by atoms with Gasteiger partial charge in [-0.25, -0.2) is 0 Å². The van der Waals surface area contributed by atoms with Gasteiger partial charge in [0, 0.05) is 12.3 Å². The summed E-state index contributed by atoms with van der Waals surface area (Å²) in [5.41, 5.74) is 2.43. The Morgan fingerprint density at radius 1 is 1.15 bits per heavy atom. The summed E-state index contributed by atoms with van der Waals surface area (Å²) < 4.78 is 11.1. The molecule has 0 aromatic heterocycles. The van der Waals surface area contributed by atoms with Crippen LogP contribution in [0, 0.1) is 5.41 Å². The van der Waals surface area contributed by atoms with Gasteiger partial charge in [0.25, 0.3) is 0 Å². The van der Waals surface area contributed by atoms with E-state index in [0.29, 0.717) is 17.7 Å². The molecule has 0 fully saturated rings. The van der Waals surface area contributed by atoms with Crippen LogP contribution in [0.2, 0.25) is 0 Å². The number of rotatable bonds is 7. The van der Waals surface area contributed by atoms with Crippen molar-refractivity contribution in [3.63, 3.8) is 0 Å². The van der Waals surface area contributed by atoms with Gasteiger partial charge in [-0.3, -0.25) is 0 Å². The summed E-state index contributed by atoms with van der Waals surface area (Å²) in [4.78, 5) is 0. The van der Waals surface area contributed by atoms with E-state index in [1.807, 2.05) is 13.8 Å². The van der Waals surface area contributed by atoms with E-state index in [2.05, 4.69) is 51.7 Å². The van der Waals surface area contributed by atoms with Crippen molar-refractivity contribution in [1.29, 1.82) is 0 Å². The Morgan fingerprint density at radius 2 is 1.75 bits per heavy atom. The first kappa shape index (κ1) is 17.5. The van der Waals surface area contributed by atoms with Crippen molar-refractivity contribution in [3.05, 3.63) is 29.8 Å². The molecular formula is C17H29O2P. The highest BCUT2D eigenvalue weighted by Crippen LogP contribution is 2.41. The predicted octanol–water partition coefficient (Wildman–Crippen LogP) is 5.23. The SMILES string of the molecule is CCOC(C)Oc1ccc(C(CC(C)(C)C)PC)cc1. The van der Waals surface area contributed by atoms with Crippen LogP contribution in [-0.4, -0.2) is 19.6 Å². The second kappa shape index (κ2) is 8.00. The fourth-order valence-corrected chi connectivity index (χ4v) is 3.58. The van der Waals surface area contributed by atoms with E-state index in [4.69, 9.17) is 9.47 Å². The maximum atomic E-state index is 5.70. The quantitative estimate of drug-likeness (QED) is 0.506. The van der Waals surface area contributed by atoms with Gasteiger partial charge in [0.15, 0.2) is 6.29 Å². The van der Waals surface area contributed by atoms with Crippen LogP contribution < -0.4 is 4.74 Å². The van der Waals surface area contributed by atoms with Crippen molar-refractivity contribution in [2.24, 2.45) is 5.41 Å². The van der Waals surface area contributed by atoms with Crippen LogP contribution in [0.25, 0.3) is 0 Å². The average molecular weight is 296 g/mol. The third-order valence-electron chi connectivity index (χ3n) is 3.15. The lowest BCUT2D eigenvalue weighted by Crippen LogP contribution is -2.15. The predicted molar refractivity (Wildman–Crippen MR) is 89.2 cm³/mol. The molecule has 0 aliphatic heterocycles. The minimum Gasteiger partial charge on any atom is -0.465 e. The minimum absolute atomic E-state index is 0.190. The van der Waals surface area contributed by atoms with E-state index in [-0.39, 0.29) is 6.29 Å². The molecule has 1 aromatic rings. The molecule has 3 atom stereocenters. The van der Waals surface area contributed by atoms with Crippen LogP contribution in [0.3, 0.4) is 0 Å². The average Bonchev–Trinajstić information content (AvgIpc) is 2.36. The molecule has 2 nitrogen and oxygen atoms in total. The molecule has 0 bridgehead atoms. The van der Waals surface area contributed by atoms with Gasteiger partial charge < -0.3 is 9.47 Å². The highest BCUT2D eigenvalue weighted by molar-refractivity contribution is 7.37. The standard InChI is InChI=1S/C17H29O2P/c1-7-18-13(2)19-15-10-8-14(9-11-15)16(20-6)12-17(3,4)5/h8-11,13,16,20H,7,12H2,1-6H3. The Hall–Kier alpha value is -0.590. The number of hydrogen-bond donors (Lipinski definition) is 0. The molecule has 1 rings (SSSR count). The summed E-state index contributed by atoms with van der Waals surface area (Å²) in [5, 5.41) is 0. The lowest BCUT2D eigenvalue weighted by molar-refractivity contribution is -0.0613. The Balaban J connectivity index is 2.69. The normalized spacial score (nSPS) is 15.5. The molecular weight excluding hydrogens is 267 g/mol. The summed E-state index contributed by atoms with van der Waals surface area (Å²) in [6.07, 6.45) is 1.03. The van der Waals surface area contributed by atoms with Crippen molar-refractivity contribution in [1.82, 2.24) is 0 Å². The summed E-state index contributed by atoms with van der Waals surface area (Å²) >= 11 is 0. The van der Waals surface area contributed by atoms with Gasteiger partial charge >= 0.3 is 0 Å². The topological polar surface area (TPSA) is 18.5 Å². The summed E-state index contributed by atoms with van der Waals surface area (Å²) in [6.45, 7) is 13.8. The van der Waals surface area contributed by atoms with Crippen molar-refractivity contribution < 1.29 is 9.47 Å². The van der Waals surface area contributed by atoms with Crippen LogP contribution in [0.15, 0.2) is 24.3 Å². The molecule has 3 heteroatoms. The number of ether oxygens (including phenoxy) is 2. The lowest BCUT2D eigenvalue weighted by atomic mass is 9.88. The highest BCUT2D eigenvalue weighted by atomic mass is 31.1. The second-order valence-corrected chi connectivity index (χ2v) is 7.59. The first-order valence-electron chi connectivity index (χ1n) is 7.41. The molecule has 1 aromatic carbocycles. The van der Waals surface area contributed by atoms with E-state index in [1.54, 1.807) is 0 Å². The van der Waals surface area contributed by atoms with Gasteiger partial charge in [-0.1, -0.05) is 32.9 Å². The molecule has 3 unspecified atom stereocenters. The van der Waals surface area contributed by atoms with E-state index < -0.39 is 0 Å². The molecule has 0 saturated heterocycles. The van der Waals surface area contributed by atoms with Gasteiger partial charge in [-0.15, -0.1) is 8.58 Å². The number of hydrogen-bond acceptors (Lipinski definition) is 2. The molecule has 0 saturated carbocycles. The Morgan fingerprint density at radius 3 is 2.20 bits per heavy atom. The fourth-order valence-electron chi connectivity index (χ4n) is 2.24. The Kier molecular flexibility index (Phi) is 6.99. The molecule has 0 aliphatic rings. The van der Waals surface area contributed by atoms with Crippen LogP contribution in [0.4, 0.5) is 0 Å². The van der Waals surface area contributed by atoms with Crippen molar-refractivity contribution in [2.45, 2.75) is 53.0 Å². The maximum Gasteiger partial charge on any atom is 0.196 e. The lowest BCUT2D eigenvalue weighted by Gasteiger charge is -2.25. The monoisotopic (exact) mass is 296 g/mol. The zero-order valence-corrected chi connectivity index (χ0v) is 14.7. The highest BCUT2D eigenvalue weighted by Gasteiger charge is 2.19. The van der Waals surface area contributed by atoms with Crippen molar-refractivity contribution >= 4 is 8.58 Å². The van der Waals surface area contributed by atoms with E-state index in [1.165, 1.54) is 12.0 Å². The van der Waals surface area contributed by atoms with Gasteiger partial charge in [0.2, 0.25) is 0 Å². The van der Waals surface area contributed by atoms with Crippen molar-refractivity contribution in [3.8, 4) is 5.75 Å². The summed E-state index contributed by atoms with van der Waals surface area (Å²) in [5.74, 6) is 0.878. The zero-order valence-electron chi connectivity index (χ0n) is 13.7. The van der Waals surface area contributed by atoms with E-state index in [0.717, 1.165) is 14.3 Å². The molecule has 0 heterocycles. The molecule has 0 radical (unpaired) electrons. The maximum absolute atomic E-state index is 5.70. The Labute approximate surface area is 126 Å². The molecule has 0 aliphatic carbocycles. The van der Waals surface area contributed by atoms with Crippen LogP contribution in [0.5, 0.6) is 5.75 Å². The number of benzene rings is 1. The van der Waals surface area contributed by atoms with Crippen LogP contribution >= 0.6 is 8.58 Å².